The Hall–Kier alpha value is -0.860. The van der Waals surface area contributed by atoms with E-state index in [1.807, 2.05) is 0 Å². The van der Waals surface area contributed by atoms with Crippen LogP contribution in [0.25, 0.3) is 0 Å². The largest absolute Gasteiger partial charge is 0.296 e. The highest BCUT2D eigenvalue weighted by Crippen LogP contribution is 2.46. The zero-order chi connectivity index (χ0) is 10.3. The quantitative estimate of drug-likeness (QED) is 0.595. The molecule has 0 radical (unpaired) electrons. The van der Waals surface area contributed by atoms with E-state index in [0.29, 0.717) is 18.3 Å². The van der Waals surface area contributed by atoms with E-state index in [2.05, 4.69) is 19.2 Å². The van der Waals surface area contributed by atoms with Crippen molar-refractivity contribution in [1.82, 2.24) is 5.32 Å². The SMILES string of the molecule is CC1CC(C)CC2(CC(=O)NC2=O)C1. The van der Waals surface area contributed by atoms with Crippen LogP contribution < -0.4 is 5.32 Å². The Morgan fingerprint density at radius 2 is 1.79 bits per heavy atom. The predicted molar refractivity (Wildman–Crippen MR) is 52.4 cm³/mol. The van der Waals surface area contributed by atoms with E-state index in [4.69, 9.17) is 0 Å². The minimum absolute atomic E-state index is 0.0269. The summed E-state index contributed by atoms with van der Waals surface area (Å²) in [6.45, 7) is 4.35. The third-order valence-electron chi connectivity index (χ3n) is 3.52. The van der Waals surface area contributed by atoms with Gasteiger partial charge in [-0.3, -0.25) is 14.9 Å². The van der Waals surface area contributed by atoms with E-state index in [9.17, 15) is 9.59 Å². The lowest BCUT2D eigenvalue weighted by Gasteiger charge is -2.37. The molecule has 3 heteroatoms. The van der Waals surface area contributed by atoms with Gasteiger partial charge in [-0.15, -0.1) is 0 Å². The van der Waals surface area contributed by atoms with Gasteiger partial charge in [0, 0.05) is 6.42 Å². The summed E-state index contributed by atoms with van der Waals surface area (Å²) in [5.41, 5.74) is -0.353. The first kappa shape index (κ1) is 9.69. The van der Waals surface area contributed by atoms with Crippen LogP contribution in [0.15, 0.2) is 0 Å². The second-order valence-corrected chi connectivity index (χ2v) is 5.19. The van der Waals surface area contributed by atoms with Crippen molar-refractivity contribution >= 4 is 11.8 Å². The number of hydrogen-bond donors (Lipinski definition) is 1. The lowest BCUT2D eigenvalue weighted by Crippen LogP contribution is -2.38. The molecule has 14 heavy (non-hydrogen) atoms. The van der Waals surface area contributed by atoms with Gasteiger partial charge in [-0.25, -0.2) is 0 Å². The molecule has 0 aromatic rings. The van der Waals surface area contributed by atoms with Gasteiger partial charge in [-0.05, 0) is 31.1 Å². The van der Waals surface area contributed by atoms with Gasteiger partial charge < -0.3 is 0 Å². The molecule has 1 saturated heterocycles. The summed E-state index contributed by atoms with van der Waals surface area (Å²) in [5, 5.41) is 2.44. The van der Waals surface area contributed by atoms with Gasteiger partial charge in [-0.2, -0.15) is 0 Å². The minimum atomic E-state index is -0.353. The van der Waals surface area contributed by atoms with Crippen LogP contribution in [0.5, 0.6) is 0 Å². The Morgan fingerprint density at radius 1 is 1.21 bits per heavy atom. The Bertz CT molecular complexity index is 275. The van der Waals surface area contributed by atoms with Crippen molar-refractivity contribution in [3.8, 4) is 0 Å². The van der Waals surface area contributed by atoms with Crippen LogP contribution in [-0.4, -0.2) is 11.8 Å². The molecule has 1 aliphatic heterocycles. The first-order valence-electron chi connectivity index (χ1n) is 5.36. The fraction of sp³-hybridized carbons (Fsp3) is 0.818. The van der Waals surface area contributed by atoms with Gasteiger partial charge in [-0.1, -0.05) is 13.8 Å². The Morgan fingerprint density at radius 3 is 2.21 bits per heavy atom. The summed E-state index contributed by atoms with van der Waals surface area (Å²) in [4.78, 5) is 22.9. The van der Waals surface area contributed by atoms with Crippen molar-refractivity contribution in [2.45, 2.75) is 39.5 Å². The third kappa shape index (κ3) is 1.45. The molecule has 1 spiro atoms. The summed E-state index contributed by atoms with van der Waals surface area (Å²) in [5.74, 6) is 1.02. The van der Waals surface area contributed by atoms with Crippen molar-refractivity contribution in [2.24, 2.45) is 17.3 Å². The molecule has 2 unspecified atom stereocenters. The average molecular weight is 195 g/mol. The number of imide groups is 1. The molecule has 2 amide bonds. The fourth-order valence-corrected chi connectivity index (χ4v) is 3.29. The molecule has 0 bridgehead atoms. The van der Waals surface area contributed by atoms with Crippen LogP contribution in [0, 0.1) is 17.3 Å². The molecular weight excluding hydrogens is 178 g/mol. The number of amides is 2. The summed E-state index contributed by atoms with van der Waals surface area (Å²) < 4.78 is 0. The standard InChI is InChI=1S/C11H17NO2/c1-7-3-8(2)5-11(4-7)6-9(13)12-10(11)14/h7-8H,3-6H2,1-2H3,(H,12,13,14). The van der Waals surface area contributed by atoms with Gasteiger partial charge in [0.25, 0.3) is 0 Å². The molecule has 1 N–H and O–H groups in total. The number of hydrogen-bond acceptors (Lipinski definition) is 2. The highest BCUT2D eigenvalue weighted by atomic mass is 16.2. The lowest BCUT2D eigenvalue weighted by molar-refractivity contribution is -0.131. The normalized spacial score (nSPS) is 43.0. The van der Waals surface area contributed by atoms with Crippen LogP contribution in [0.2, 0.25) is 0 Å². The molecule has 0 aromatic heterocycles. The number of rotatable bonds is 0. The lowest BCUT2D eigenvalue weighted by atomic mass is 9.65. The van der Waals surface area contributed by atoms with E-state index in [0.717, 1.165) is 12.8 Å². The molecule has 1 heterocycles. The summed E-state index contributed by atoms with van der Waals surface area (Å²) in [6.07, 6.45) is 3.37. The zero-order valence-electron chi connectivity index (χ0n) is 8.80. The number of nitrogens with one attached hydrogen (secondary N) is 1. The fourth-order valence-electron chi connectivity index (χ4n) is 3.29. The zero-order valence-corrected chi connectivity index (χ0v) is 8.80. The minimum Gasteiger partial charge on any atom is -0.296 e. The molecule has 3 nitrogen and oxygen atoms in total. The van der Waals surface area contributed by atoms with E-state index < -0.39 is 0 Å². The molecule has 1 aliphatic carbocycles. The van der Waals surface area contributed by atoms with E-state index in [1.165, 1.54) is 6.42 Å². The van der Waals surface area contributed by atoms with Crippen molar-refractivity contribution < 1.29 is 9.59 Å². The van der Waals surface area contributed by atoms with Gasteiger partial charge in [0.05, 0.1) is 5.41 Å². The van der Waals surface area contributed by atoms with E-state index in [1.54, 1.807) is 0 Å². The van der Waals surface area contributed by atoms with E-state index >= 15 is 0 Å². The van der Waals surface area contributed by atoms with E-state index in [-0.39, 0.29) is 17.2 Å². The van der Waals surface area contributed by atoms with Crippen LogP contribution >= 0.6 is 0 Å². The smallest absolute Gasteiger partial charge is 0.233 e. The highest BCUT2D eigenvalue weighted by molar-refractivity contribution is 6.05. The van der Waals surface area contributed by atoms with Gasteiger partial charge in [0.15, 0.2) is 0 Å². The molecule has 1 saturated carbocycles. The Balaban J connectivity index is 2.22. The van der Waals surface area contributed by atoms with Crippen molar-refractivity contribution in [1.29, 1.82) is 0 Å². The second-order valence-electron chi connectivity index (χ2n) is 5.19. The van der Waals surface area contributed by atoms with Crippen LogP contribution in [0.1, 0.15) is 39.5 Å². The molecular formula is C11H17NO2. The molecule has 2 atom stereocenters. The van der Waals surface area contributed by atoms with Crippen LogP contribution in [0.3, 0.4) is 0 Å². The number of carbonyl (C=O) groups is 2. The van der Waals surface area contributed by atoms with Crippen molar-refractivity contribution in [3.05, 3.63) is 0 Å². The van der Waals surface area contributed by atoms with Crippen molar-refractivity contribution in [2.75, 3.05) is 0 Å². The summed E-state index contributed by atoms with van der Waals surface area (Å²) in [6, 6.07) is 0. The van der Waals surface area contributed by atoms with Gasteiger partial charge >= 0.3 is 0 Å². The third-order valence-corrected chi connectivity index (χ3v) is 3.52. The molecule has 2 aliphatic rings. The molecule has 2 fully saturated rings. The molecule has 78 valence electrons. The monoisotopic (exact) mass is 195 g/mol. The summed E-state index contributed by atoms with van der Waals surface area (Å²) in [7, 11) is 0. The summed E-state index contributed by atoms with van der Waals surface area (Å²) >= 11 is 0. The first-order valence-corrected chi connectivity index (χ1v) is 5.36. The average Bonchev–Trinajstić information content (AvgIpc) is 2.23. The van der Waals surface area contributed by atoms with Gasteiger partial charge in [0.2, 0.25) is 11.8 Å². The first-order chi connectivity index (χ1) is 6.52. The maximum absolute atomic E-state index is 11.7. The van der Waals surface area contributed by atoms with Crippen LogP contribution in [0.4, 0.5) is 0 Å². The second kappa shape index (κ2) is 3.07. The predicted octanol–water partition coefficient (Wildman–Crippen LogP) is 1.48. The topological polar surface area (TPSA) is 46.2 Å². The number of carbonyl (C=O) groups excluding carboxylic acids is 2. The van der Waals surface area contributed by atoms with Gasteiger partial charge in [0.1, 0.15) is 0 Å². The maximum atomic E-state index is 11.7. The molecule has 0 aromatic carbocycles. The van der Waals surface area contributed by atoms with Crippen LogP contribution in [-0.2, 0) is 9.59 Å². The maximum Gasteiger partial charge on any atom is 0.233 e. The highest BCUT2D eigenvalue weighted by Gasteiger charge is 2.49. The van der Waals surface area contributed by atoms with Crippen molar-refractivity contribution in [3.63, 3.8) is 0 Å². The molecule has 2 rings (SSSR count). The Kier molecular flexibility index (Phi) is 2.13. The Labute approximate surface area is 84.2 Å².